The second kappa shape index (κ2) is 11.3. The third-order valence-corrected chi connectivity index (χ3v) is 2.82. The second-order valence-corrected chi connectivity index (χ2v) is 5.44. The van der Waals surface area contributed by atoms with Crippen LogP contribution in [0.25, 0.3) is 0 Å². The van der Waals surface area contributed by atoms with Crippen LogP contribution in [0.5, 0.6) is 0 Å². The average molecular weight is 425 g/mol. The summed E-state index contributed by atoms with van der Waals surface area (Å²) in [5, 5.41) is 8.70. The summed E-state index contributed by atoms with van der Waals surface area (Å²) in [6, 6.07) is 0. The molecule has 0 spiro atoms. The summed E-state index contributed by atoms with van der Waals surface area (Å²) in [6.07, 6.45) is 1.69. The standard InChI is InChI=1S/C14H27N5O2.HI/c1-7-8-16-13(17-9-11(20)19(5)6)18-10-14(2,3)12(21)15-4;/h7H,1,8-10H2,2-6H3,(H,15,21)(H2,16,17,18);1H. The molecule has 22 heavy (non-hydrogen) atoms. The molecule has 0 unspecified atom stereocenters. The molecule has 2 amide bonds. The Bertz CT molecular complexity index is 408. The first kappa shape index (κ1) is 23.0. The molecule has 0 aromatic rings. The van der Waals surface area contributed by atoms with E-state index in [1.165, 1.54) is 4.90 Å². The third-order valence-electron chi connectivity index (χ3n) is 2.82. The van der Waals surface area contributed by atoms with E-state index in [-0.39, 0.29) is 42.3 Å². The maximum atomic E-state index is 11.7. The van der Waals surface area contributed by atoms with Gasteiger partial charge in [0.25, 0.3) is 0 Å². The van der Waals surface area contributed by atoms with E-state index in [0.29, 0.717) is 19.0 Å². The van der Waals surface area contributed by atoms with Crippen LogP contribution in [-0.2, 0) is 9.59 Å². The maximum Gasteiger partial charge on any atom is 0.243 e. The van der Waals surface area contributed by atoms with Crippen molar-refractivity contribution in [1.29, 1.82) is 0 Å². The van der Waals surface area contributed by atoms with Crippen molar-refractivity contribution in [2.45, 2.75) is 13.8 Å². The summed E-state index contributed by atoms with van der Waals surface area (Å²) >= 11 is 0. The molecule has 7 nitrogen and oxygen atoms in total. The highest BCUT2D eigenvalue weighted by atomic mass is 127. The Morgan fingerprint density at radius 2 is 1.86 bits per heavy atom. The number of carbonyl (C=O) groups excluding carboxylic acids is 2. The number of rotatable bonds is 7. The van der Waals surface area contributed by atoms with Crippen LogP contribution in [0.2, 0.25) is 0 Å². The minimum Gasteiger partial charge on any atom is -0.359 e. The molecule has 0 aliphatic carbocycles. The third kappa shape index (κ3) is 8.85. The molecule has 128 valence electrons. The molecule has 0 saturated carbocycles. The summed E-state index contributed by atoms with van der Waals surface area (Å²) in [4.78, 5) is 29.0. The van der Waals surface area contributed by atoms with Crippen molar-refractivity contribution in [3.05, 3.63) is 12.7 Å². The summed E-state index contributed by atoms with van der Waals surface area (Å²) in [6.45, 7) is 8.23. The lowest BCUT2D eigenvalue weighted by Crippen LogP contribution is -2.47. The van der Waals surface area contributed by atoms with Crippen LogP contribution in [0.3, 0.4) is 0 Å². The summed E-state index contributed by atoms with van der Waals surface area (Å²) in [5.74, 6) is 0.310. The molecule has 0 saturated heterocycles. The number of hydrogen-bond acceptors (Lipinski definition) is 3. The van der Waals surface area contributed by atoms with Gasteiger partial charge in [-0.3, -0.25) is 9.59 Å². The van der Waals surface area contributed by atoms with Crippen molar-refractivity contribution in [2.75, 3.05) is 40.8 Å². The number of nitrogens with one attached hydrogen (secondary N) is 3. The van der Waals surface area contributed by atoms with E-state index in [9.17, 15) is 9.59 Å². The molecule has 0 radical (unpaired) electrons. The van der Waals surface area contributed by atoms with Crippen LogP contribution >= 0.6 is 24.0 Å². The molecule has 0 fully saturated rings. The van der Waals surface area contributed by atoms with Gasteiger partial charge in [-0.2, -0.15) is 0 Å². The minimum absolute atomic E-state index is 0. The van der Waals surface area contributed by atoms with Crippen molar-refractivity contribution < 1.29 is 9.59 Å². The minimum atomic E-state index is -0.586. The summed E-state index contributed by atoms with van der Waals surface area (Å²) in [5.41, 5.74) is -0.586. The number of halogens is 1. The van der Waals surface area contributed by atoms with Gasteiger partial charge in [-0.05, 0) is 13.8 Å². The average Bonchev–Trinajstić information content (AvgIpc) is 2.44. The fourth-order valence-electron chi connectivity index (χ4n) is 1.35. The summed E-state index contributed by atoms with van der Waals surface area (Å²) < 4.78 is 0. The lowest BCUT2D eigenvalue weighted by molar-refractivity contribution is -0.128. The molecule has 8 heteroatoms. The van der Waals surface area contributed by atoms with Crippen molar-refractivity contribution >= 4 is 41.8 Å². The molecule has 0 aliphatic rings. The molecular weight excluding hydrogens is 397 g/mol. The first-order valence-electron chi connectivity index (χ1n) is 6.80. The van der Waals surface area contributed by atoms with Crippen LogP contribution in [0.4, 0.5) is 0 Å². The number of nitrogens with zero attached hydrogens (tertiary/aromatic N) is 2. The van der Waals surface area contributed by atoms with E-state index in [1.807, 2.05) is 13.8 Å². The van der Waals surface area contributed by atoms with Gasteiger partial charge < -0.3 is 20.9 Å². The van der Waals surface area contributed by atoms with E-state index < -0.39 is 5.41 Å². The van der Waals surface area contributed by atoms with Crippen LogP contribution in [0.15, 0.2) is 17.6 Å². The number of guanidine groups is 1. The normalized spacial score (nSPS) is 11.0. The quantitative estimate of drug-likeness (QED) is 0.235. The van der Waals surface area contributed by atoms with Crippen molar-refractivity contribution in [2.24, 2.45) is 10.4 Å². The van der Waals surface area contributed by atoms with Crippen LogP contribution in [0.1, 0.15) is 13.8 Å². The molecule has 0 rings (SSSR count). The van der Waals surface area contributed by atoms with Gasteiger partial charge >= 0.3 is 0 Å². The van der Waals surface area contributed by atoms with Gasteiger partial charge in [0.2, 0.25) is 11.8 Å². The van der Waals surface area contributed by atoms with Gasteiger partial charge in [0, 0.05) is 34.2 Å². The Hall–Kier alpha value is -1.32. The lowest BCUT2D eigenvalue weighted by Gasteiger charge is -2.24. The van der Waals surface area contributed by atoms with Crippen molar-refractivity contribution in [1.82, 2.24) is 20.9 Å². The van der Waals surface area contributed by atoms with Crippen LogP contribution in [0, 0.1) is 5.41 Å². The zero-order chi connectivity index (χ0) is 16.5. The number of hydrogen-bond donors (Lipinski definition) is 3. The van der Waals surface area contributed by atoms with E-state index >= 15 is 0 Å². The maximum absolute atomic E-state index is 11.7. The highest BCUT2D eigenvalue weighted by Crippen LogP contribution is 2.12. The smallest absolute Gasteiger partial charge is 0.243 e. The van der Waals surface area contributed by atoms with Gasteiger partial charge in [0.1, 0.15) is 6.54 Å². The first-order valence-corrected chi connectivity index (χ1v) is 6.80. The number of likely N-dealkylation sites (N-methyl/N-ethyl adjacent to an activating group) is 1. The fourth-order valence-corrected chi connectivity index (χ4v) is 1.35. The fraction of sp³-hybridized carbons (Fsp3) is 0.643. The van der Waals surface area contributed by atoms with E-state index in [4.69, 9.17) is 0 Å². The number of amides is 2. The Labute approximate surface area is 150 Å². The van der Waals surface area contributed by atoms with Gasteiger partial charge in [0.05, 0.1) is 5.41 Å². The zero-order valence-corrected chi connectivity index (χ0v) is 16.4. The van der Waals surface area contributed by atoms with Gasteiger partial charge in [0.15, 0.2) is 5.96 Å². The zero-order valence-electron chi connectivity index (χ0n) is 14.0. The van der Waals surface area contributed by atoms with Crippen LogP contribution < -0.4 is 16.0 Å². The molecule has 3 N–H and O–H groups in total. The molecular formula is C14H28IN5O2. The summed E-state index contributed by atoms with van der Waals surface area (Å²) in [7, 11) is 4.96. The van der Waals surface area contributed by atoms with Gasteiger partial charge in [-0.1, -0.05) is 6.08 Å². The molecule has 0 aliphatic heterocycles. The second-order valence-electron chi connectivity index (χ2n) is 5.44. The Kier molecular flexibility index (Phi) is 11.8. The van der Waals surface area contributed by atoms with E-state index in [1.54, 1.807) is 27.2 Å². The molecule has 0 heterocycles. The largest absolute Gasteiger partial charge is 0.359 e. The molecule has 0 bridgehead atoms. The number of carbonyl (C=O) groups is 2. The Balaban J connectivity index is 0. The highest BCUT2D eigenvalue weighted by molar-refractivity contribution is 14.0. The molecule has 0 atom stereocenters. The van der Waals surface area contributed by atoms with Gasteiger partial charge in [-0.25, -0.2) is 4.99 Å². The highest BCUT2D eigenvalue weighted by Gasteiger charge is 2.26. The molecule has 0 aromatic carbocycles. The Morgan fingerprint density at radius 3 is 2.32 bits per heavy atom. The first-order chi connectivity index (χ1) is 9.74. The predicted octanol–water partition coefficient (Wildman–Crippen LogP) is 0.186. The van der Waals surface area contributed by atoms with Crippen LogP contribution in [-0.4, -0.2) is 63.5 Å². The monoisotopic (exact) mass is 425 g/mol. The number of aliphatic imine (C=N–C) groups is 1. The Morgan fingerprint density at radius 1 is 1.27 bits per heavy atom. The van der Waals surface area contributed by atoms with E-state index in [0.717, 1.165) is 0 Å². The predicted molar refractivity (Wildman–Crippen MR) is 100 cm³/mol. The topological polar surface area (TPSA) is 85.8 Å². The lowest BCUT2D eigenvalue weighted by atomic mass is 9.92. The van der Waals surface area contributed by atoms with Gasteiger partial charge in [-0.15, -0.1) is 30.6 Å². The van der Waals surface area contributed by atoms with Crippen molar-refractivity contribution in [3.63, 3.8) is 0 Å². The molecule has 0 aromatic heterocycles. The SMILES string of the molecule is C=CCNC(=NCC(=O)N(C)C)NCC(C)(C)C(=O)NC.I. The van der Waals surface area contributed by atoms with E-state index in [2.05, 4.69) is 27.5 Å². The van der Waals surface area contributed by atoms with Crippen molar-refractivity contribution in [3.8, 4) is 0 Å².